The van der Waals surface area contributed by atoms with Crippen LogP contribution in [0.25, 0.3) is 0 Å². The van der Waals surface area contributed by atoms with Crippen LogP contribution in [-0.4, -0.2) is 76.2 Å². The number of ether oxygens (including phenoxy) is 2. The normalized spacial score (nSPS) is 16.4. The second-order valence-corrected chi connectivity index (χ2v) is 11.9. The van der Waals surface area contributed by atoms with Gasteiger partial charge >= 0.3 is 6.09 Å². The quantitative estimate of drug-likeness (QED) is 0.585. The summed E-state index contributed by atoms with van der Waals surface area (Å²) in [6, 6.07) is 11.5. The van der Waals surface area contributed by atoms with Gasteiger partial charge in [-0.05, 0) is 82.3 Å². The molecule has 2 aliphatic rings. The number of amides is 2. The first-order chi connectivity index (χ1) is 17.9. The Labute approximate surface area is 226 Å². The Kier molecular flexibility index (Phi) is 7.93. The molecule has 1 saturated heterocycles. The molecule has 0 saturated carbocycles. The molecule has 8 heteroatoms. The number of nitrogens with zero attached hydrogens (tertiary/aromatic N) is 3. The van der Waals surface area contributed by atoms with E-state index in [1.54, 1.807) is 18.1 Å². The van der Waals surface area contributed by atoms with Crippen molar-refractivity contribution in [1.82, 2.24) is 14.7 Å². The standard InChI is InChI=1S/C30H41N3O5/c1-29(2,3)38-28(36)32-16-14-31(15-17-32)27(35)23-9-7-8-22-19-33(20-24(22)23)30(4,5)13-12-21-10-11-25(34)26(18-21)37-6/h7-11,18,34H,12-17,19-20H2,1-6H3. The van der Waals surface area contributed by atoms with E-state index in [2.05, 4.69) is 24.8 Å². The zero-order valence-corrected chi connectivity index (χ0v) is 23.5. The molecule has 1 fully saturated rings. The van der Waals surface area contributed by atoms with Crippen molar-refractivity contribution in [3.05, 3.63) is 58.7 Å². The van der Waals surface area contributed by atoms with Gasteiger partial charge < -0.3 is 24.4 Å². The summed E-state index contributed by atoms with van der Waals surface area (Å²) in [7, 11) is 1.56. The lowest BCUT2D eigenvalue weighted by Gasteiger charge is -2.36. The molecule has 0 aromatic heterocycles. The Hall–Kier alpha value is -3.26. The Balaban J connectivity index is 1.39. The third-order valence-corrected chi connectivity index (χ3v) is 7.56. The van der Waals surface area contributed by atoms with Crippen LogP contribution in [-0.2, 0) is 24.2 Å². The fraction of sp³-hybridized carbons (Fsp3) is 0.533. The molecule has 0 unspecified atom stereocenters. The summed E-state index contributed by atoms with van der Waals surface area (Å²) in [5.41, 5.74) is 3.55. The maximum absolute atomic E-state index is 13.6. The lowest BCUT2D eigenvalue weighted by molar-refractivity contribution is 0.0140. The van der Waals surface area contributed by atoms with E-state index in [1.165, 1.54) is 5.56 Å². The van der Waals surface area contributed by atoms with Gasteiger partial charge in [-0.1, -0.05) is 18.2 Å². The summed E-state index contributed by atoms with van der Waals surface area (Å²) in [6.07, 6.45) is 1.45. The minimum atomic E-state index is -0.537. The number of piperazine rings is 1. The van der Waals surface area contributed by atoms with Crippen LogP contribution < -0.4 is 4.74 Å². The maximum Gasteiger partial charge on any atom is 0.410 e. The van der Waals surface area contributed by atoms with E-state index < -0.39 is 5.60 Å². The van der Waals surface area contributed by atoms with Crippen LogP contribution in [0.15, 0.2) is 36.4 Å². The van der Waals surface area contributed by atoms with E-state index in [9.17, 15) is 14.7 Å². The largest absolute Gasteiger partial charge is 0.504 e. The number of fused-ring (bicyclic) bond motifs is 1. The Morgan fingerprint density at radius 2 is 1.63 bits per heavy atom. The van der Waals surface area contributed by atoms with Gasteiger partial charge in [0.25, 0.3) is 5.91 Å². The van der Waals surface area contributed by atoms with Crippen LogP contribution in [0.5, 0.6) is 11.5 Å². The van der Waals surface area contributed by atoms with Crippen LogP contribution in [0.3, 0.4) is 0 Å². The predicted octanol–water partition coefficient (Wildman–Crippen LogP) is 4.82. The molecule has 2 aromatic rings. The van der Waals surface area contributed by atoms with Crippen molar-refractivity contribution >= 4 is 12.0 Å². The highest BCUT2D eigenvalue weighted by molar-refractivity contribution is 5.96. The van der Waals surface area contributed by atoms with Crippen molar-refractivity contribution in [2.75, 3.05) is 33.3 Å². The van der Waals surface area contributed by atoms with Crippen LogP contribution in [0.2, 0.25) is 0 Å². The number of carbonyl (C=O) groups is 2. The number of aromatic hydroxyl groups is 1. The fourth-order valence-corrected chi connectivity index (χ4v) is 5.13. The van der Waals surface area contributed by atoms with Crippen LogP contribution in [0.4, 0.5) is 4.79 Å². The molecular formula is C30H41N3O5. The lowest BCUT2D eigenvalue weighted by atomic mass is 9.93. The highest BCUT2D eigenvalue weighted by Crippen LogP contribution is 2.35. The van der Waals surface area contributed by atoms with Gasteiger partial charge in [-0.2, -0.15) is 0 Å². The summed E-state index contributed by atoms with van der Waals surface area (Å²) in [4.78, 5) is 31.9. The van der Waals surface area contributed by atoms with Gasteiger partial charge in [0.15, 0.2) is 11.5 Å². The van der Waals surface area contributed by atoms with Crippen molar-refractivity contribution in [2.24, 2.45) is 0 Å². The Morgan fingerprint density at radius 1 is 0.947 bits per heavy atom. The first-order valence-electron chi connectivity index (χ1n) is 13.4. The average molecular weight is 524 g/mol. The van der Waals surface area contributed by atoms with Crippen molar-refractivity contribution in [1.29, 1.82) is 0 Å². The van der Waals surface area contributed by atoms with E-state index >= 15 is 0 Å². The van der Waals surface area contributed by atoms with E-state index in [0.717, 1.165) is 42.6 Å². The predicted molar refractivity (Wildman–Crippen MR) is 146 cm³/mol. The number of benzene rings is 2. The molecule has 1 N–H and O–H groups in total. The van der Waals surface area contributed by atoms with E-state index in [0.29, 0.717) is 31.9 Å². The van der Waals surface area contributed by atoms with Gasteiger partial charge in [-0.15, -0.1) is 0 Å². The number of phenolic OH excluding ortho intramolecular Hbond substituents is 1. The highest BCUT2D eigenvalue weighted by atomic mass is 16.6. The topological polar surface area (TPSA) is 82.6 Å². The summed E-state index contributed by atoms with van der Waals surface area (Å²) in [5, 5.41) is 9.89. The molecule has 0 atom stereocenters. The summed E-state index contributed by atoms with van der Waals surface area (Å²) in [6.45, 7) is 13.5. The molecule has 4 rings (SSSR count). The second kappa shape index (κ2) is 10.8. The molecule has 2 heterocycles. The Bertz CT molecular complexity index is 1180. The number of aryl methyl sites for hydroxylation is 1. The van der Waals surface area contributed by atoms with Crippen molar-refractivity contribution in [3.8, 4) is 11.5 Å². The van der Waals surface area contributed by atoms with E-state index in [-0.39, 0.29) is 23.3 Å². The average Bonchev–Trinajstić information content (AvgIpc) is 3.33. The summed E-state index contributed by atoms with van der Waals surface area (Å²) in [5.74, 6) is 0.666. The van der Waals surface area contributed by atoms with E-state index in [4.69, 9.17) is 9.47 Å². The zero-order valence-electron chi connectivity index (χ0n) is 23.5. The number of carbonyl (C=O) groups excluding carboxylic acids is 2. The monoisotopic (exact) mass is 523 g/mol. The van der Waals surface area contributed by atoms with Gasteiger partial charge in [0, 0.05) is 50.4 Å². The molecule has 206 valence electrons. The molecule has 0 radical (unpaired) electrons. The minimum Gasteiger partial charge on any atom is -0.504 e. The van der Waals surface area contributed by atoms with Gasteiger partial charge in [-0.25, -0.2) is 4.79 Å². The molecule has 0 bridgehead atoms. The number of hydrogen-bond donors (Lipinski definition) is 1. The zero-order chi connectivity index (χ0) is 27.7. The number of methoxy groups -OCH3 is 1. The molecule has 8 nitrogen and oxygen atoms in total. The number of rotatable bonds is 6. The molecule has 0 spiro atoms. The second-order valence-electron chi connectivity index (χ2n) is 11.9. The van der Waals surface area contributed by atoms with Gasteiger partial charge in [0.05, 0.1) is 7.11 Å². The van der Waals surface area contributed by atoms with Crippen molar-refractivity contribution < 1.29 is 24.2 Å². The van der Waals surface area contributed by atoms with Gasteiger partial charge in [0.2, 0.25) is 0 Å². The molecule has 0 aliphatic carbocycles. The lowest BCUT2D eigenvalue weighted by Crippen LogP contribution is -2.51. The Morgan fingerprint density at radius 3 is 2.29 bits per heavy atom. The number of hydrogen-bond acceptors (Lipinski definition) is 6. The molecule has 2 amide bonds. The van der Waals surface area contributed by atoms with Crippen LogP contribution in [0, 0.1) is 0 Å². The molecule has 2 aliphatic heterocycles. The highest BCUT2D eigenvalue weighted by Gasteiger charge is 2.35. The van der Waals surface area contributed by atoms with Gasteiger partial charge in [-0.3, -0.25) is 9.69 Å². The SMILES string of the molecule is COc1cc(CCC(C)(C)N2Cc3cccc(C(=O)N4CCN(C(=O)OC(C)(C)C)CC4)c3C2)ccc1O. The first-order valence-corrected chi connectivity index (χ1v) is 13.4. The molecule has 38 heavy (non-hydrogen) atoms. The molecular weight excluding hydrogens is 482 g/mol. The summed E-state index contributed by atoms with van der Waals surface area (Å²) >= 11 is 0. The maximum atomic E-state index is 13.6. The summed E-state index contributed by atoms with van der Waals surface area (Å²) < 4.78 is 10.7. The molecule has 2 aromatic carbocycles. The van der Waals surface area contributed by atoms with Crippen LogP contribution in [0.1, 0.15) is 68.1 Å². The van der Waals surface area contributed by atoms with Crippen LogP contribution >= 0.6 is 0 Å². The van der Waals surface area contributed by atoms with Crippen molar-refractivity contribution in [3.63, 3.8) is 0 Å². The van der Waals surface area contributed by atoms with E-state index in [1.807, 2.05) is 49.9 Å². The third kappa shape index (κ3) is 6.23. The van der Waals surface area contributed by atoms with Gasteiger partial charge in [0.1, 0.15) is 5.60 Å². The fourth-order valence-electron chi connectivity index (χ4n) is 5.13. The van der Waals surface area contributed by atoms with Crippen molar-refractivity contribution in [2.45, 2.75) is 71.7 Å². The minimum absolute atomic E-state index is 0.0292. The smallest absolute Gasteiger partial charge is 0.410 e. The first kappa shape index (κ1) is 27.8. The third-order valence-electron chi connectivity index (χ3n) is 7.56. The number of phenols is 1.